The van der Waals surface area contributed by atoms with Crippen molar-refractivity contribution in [1.29, 1.82) is 0 Å². The molecule has 106 valence electrons. The van der Waals surface area contributed by atoms with Gasteiger partial charge in [-0.05, 0) is 32.0 Å². The van der Waals surface area contributed by atoms with Gasteiger partial charge in [-0.2, -0.15) is 0 Å². The van der Waals surface area contributed by atoms with E-state index in [0.717, 1.165) is 17.5 Å². The Morgan fingerprint density at radius 2 is 2.30 bits per heavy atom. The van der Waals surface area contributed by atoms with E-state index in [9.17, 15) is 4.79 Å². The fourth-order valence-corrected chi connectivity index (χ4v) is 2.83. The molecule has 0 saturated carbocycles. The smallest absolute Gasteiger partial charge is 0.289 e. The Morgan fingerprint density at radius 3 is 3.05 bits per heavy atom. The van der Waals surface area contributed by atoms with Crippen LogP contribution in [0.2, 0.25) is 5.02 Å². The number of benzene rings is 1. The van der Waals surface area contributed by atoms with Gasteiger partial charge in [0.1, 0.15) is 5.58 Å². The molecule has 1 N–H and O–H groups in total. The first-order chi connectivity index (χ1) is 9.56. The van der Waals surface area contributed by atoms with Gasteiger partial charge >= 0.3 is 0 Å². The predicted molar refractivity (Wildman–Crippen MR) is 79.3 cm³/mol. The van der Waals surface area contributed by atoms with Crippen molar-refractivity contribution in [2.75, 3.05) is 19.6 Å². The molecule has 1 aliphatic heterocycles. The summed E-state index contributed by atoms with van der Waals surface area (Å²) < 4.78 is 5.73. The highest BCUT2D eigenvalue weighted by molar-refractivity contribution is 6.31. The first-order valence-electron chi connectivity index (χ1n) is 6.77. The molecule has 1 aliphatic rings. The highest BCUT2D eigenvalue weighted by Crippen LogP contribution is 2.28. The van der Waals surface area contributed by atoms with Crippen LogP contribution in [0.15, 0.2) is 22.6 Å². The number of fused-ring (bicyclic) bond motifs is 1. The summed E-state index contributed by atoms with van der Waals surface area (Å²) in [5, 5.41) is 4.88. The standard InChI is InChI=1S/C15H17ClN2O2/c1-9-8-18(6-5-17-9)15(19)14-10(2)12-7-11(16)3-4-13(12)20-14/h3-4,7,9,17H,5-6,8H2,1-2H3. The van der Waals surface area contributed by atoms with E-state index in [0.29, 0.717) is 35.5 Å². The molecule has 2 aromatic rings. The number of furan rings is 1. The number of rotatable bonds is 1. The Labute approximate surface area is 122 Å². The Balaban J connectivity index is 1.97. The SMILES string of the molecule is Cc1c(C(=O)N2CCNC(C)C2)oc2ccc(Cl)cc12. The molecular formula is C15H17ClN2O2. The van der Waals surface area contributed by atoms with Gasteiger partial charge in [0.15, 0.2) is 5.76 Å². The summed E-state index contributed by atoms with van der Waals surface area (Å²) in [5.41, 5.74) is 1.57. The van der Waals surface area contributed by atoms with Crippen molar-refractivity contribution in [3.63, 3.8) is 0 Å². The van der Waals surface area contributed by atoms with Gasteiger partial charge < -0.3 is 14.6 Å². The summed E-state index contributed by atoms with van der Waals surface area (Å²) >= 11 is 6.00. The van der Waals surface area contributed by atoms with Crippen molar-refractivity contribution < 1.29 is 9.21 Å². The minimum absolute atomic E-state index is 0.0387. The predicted octanol–water partition coefficient (Wildman–Crippen LogP) is 2.83. The lowest BCUT2D eigenvalue weighted by molar-refractivity contribution is 0.0678. The zero-order valence-electron chi connectivity index (χ0n) is 11.6. The van der Waals surface area contributed by atoms with Crippen molar-refractivity contribution in [1.82, 2.24) is 10.2 Å². The molecule has 0 aliphatic carbocycles. The zero-order chi connectivity index (χ0) is 14.3. The molecule has 1 aromatic carbocycles. The number of halogens is 1. The van der Waals surface area contributed by atoms with E-state index >= 15 is 0 Å². The third-order valence-electron chi connectivity index (χ3n) is 3.75. The fourth-order valence-electron chi connectivity index (χ4n) is 2.66. The van der Waals surface area contributed by atoms with Gasteiger partial charge in [-0.1, -0.05) is 11.6 Å². The van der Waals surface area contributed by atoms with Gasteiger partial charge in [0.2, 0.25) is 0 Å². The third kappa shape index (κ3) is 2.30. The van der Waals surface area contributed by atoms with E-state index in [1.807, 2.05) is 24.0 Å². The summed E-state index contributed by atoms with van der Waals surface area (Å²) in [4.78, 5) is 14.4. The van der Waals surface area contributed by atoms with Gasteiger partial charge in [0, 0.05) is 41.6 Å². The largest absolute Gasteiger partial charge is 0.451 e. The zero-order valence-corrected chi connectivity index (χ0v) is 12.3. The van der Waals surface area contributed by atoms with Gasteiger partial charge in [-0.25, -0.2) is 0 Å². The molecule has 1 saturated heterocycles. The van der Waals surface area contributed by atoms with Gasteiger partial charge in [0.05, 0.1) is 0 Å². The lowest BCUT2D eigenvalue weighted by Gasteiger charge is -2.31. The average molecular weight is 293 g/mol. The second-order valence-electron chi connectivity index (χ2n) is 5.30. The maximum absolute atomic E-state index is 12.6. The van der Waals surface area contributed by atoms with Crippen molar-refractivity contribution in [3.05, 3.63) is 34.5 Å². The monoisotopic (exact) mass is 292 g/mol. The van der Waals surface area contributed by atoms with Crippen LogP contribution >= 0.6 is 11.6 Å². The maximum Gasteiger partial charge on any atom is 0.289 e. The molecule has 2 heterocycles. The minimum Gasteiger partial charge on any atom is -0.451 e. The van der Waals surface area contributed by atoms with Crippen LogP contribution in [0.3, 0.4) is 0 Å². The summed E-state index contributed by atoms with van der Waals surface area (Å²) in [6.07, 6.45) is 0. The van der Waals surface area contributed by atoms with Crippen LogP contribution in [0, 0.1) is 6.92 Å². The number of nitrogens with one attached hydrogen (secondary N) is 1. The molecule has 20 heavy (non-hydrogen) atoms. The van der Waals surface area contributed by atoms with Crippen molar-refractivity contribution in [2.24, 2.45) is 0 Å². The van der Waals surface area contributed by atoms with E-state index in [2.05, 4.69) is 12.2 Å². The van der Waals surface area contributed by atoms with Crippen LogP contribution in [0.1, 0.15) is 23.0 Å². The number of hydrogen-bond acceptors (Lipinski definition) is 3. The van der Waals surface area contributed by atoms with E-state index < -0.39 is 0 Å². The highest BCUT2D eigenvalue weighted by atomic mass is 35.5. The van der Waals surface area contributed by atoms with Gasteiger partial charge in [-0.3, -0.25) is 4.79 Å². The third-order valence-corrected chi connectivity index (χ3v) is 3.98. The Kier molecular flexibility index (Phi) is 3.44. The molecule has 3 rings (SSSR count). The molecule has 5 heteroatoms. The number of nitrogens with zero attached hydrogens (tertiary/aromatic N) is 1. The molecule has 0 radical (unpaired) electrons. The number of carbonyl (C=O) groups excluding carboxylic acids is 1. The highest BCUT2D eigenvalue weighted by Gasteiger charge is 2.26. The molecule has 1 aromatic heterocycles. The van der Waals surface area contributed by atoms with Crippen LogP contribution < -0.4 is 5.32 Å². The number of piperazine rings is 1. The second kappa shape index (κ2) is 5.11. The van der Waals surface area contributed by atoms with Crippen LogP contribution in [0.5, 0.6) is 0 Å². The topological polar surface area (TPSA) is 45.5 Å². The molecule has 1 unspecified atom stereocenters. The summed E-state index contributed by atoms with van der Waals surface area (Å²) in [7, 11) is 0. The average Bonchev–Trinajstić information content (AvgIpc) is 2.75. The fraction of sp³-hybridized carbons (Fsp3) is 0.400. The molecule has 1 atom stereocenters. The van der Waals surface area contributed by atoms with Crippen LogP contribution in [0.25, 0.3) is 11.0 Å². The quantitative estimate of drug-likeness (QED) is 0.879. The second-order valence-corrected chi connectivity index (χ2v) is 5.74. The summed E-state index contributed by atoms with van der Waals surface area (Å²) in [6.45, 7) is 6.21. The Hall–Kier alpha value is -1.52. The van der Waals surface area contributed by atoms with Crippen LogP contribution in [-0.4, -0.2) is 36.5 Å². The first-order valence-corrected chi connectivity index (χ1v) is 7.15. The number of carbonyl (C=O) groups is 1. The van der Waals surface area contributed by atoms with Crippen LogP contribution in [-0.2, 0) is 0 Å². The molecule has 0 spiro atoms. The van der Waals surface area contributed by atoms with E-state index in [-0.39, 0.29) is 5.91 Å². The van der Waals surface area contributed by atoms with Gasteiger partial charge in [0.25, 0.3) is 5.91 Å². The molecule has 0 bridgehead atoms. The van der Waals surface area contributed by atoms with Crippen molar-refractivity contribution >= 4 is 28.5 Å². The molecule has 1 amide bonds. The minimum atomic E-state index is -0.0387. The van der Waals surface area contributed by atoms with E-state index in [4.69, 9.17) is 16.0 Å². The molecule has 4 nitrogen and oxygen atoms in total. The lowest BCUT2D eigenvalue weighted by atomic mass is 10.1. The van der Waals surface area contributed by atoms with E-state index in [1.165, 1.54) is 0 Å². The van der Waals surface area contributed by atoms with E-state index in [1.54, 1.807) is 6.07 Å². The Bertz CT molecular complexity index is 665. The summed E-state index contributed by atoms with van der Waals surface area (Å²) in [6, 6.07) is 5.73. The normalized spacial score (nSPS) is 19.6. The maximum atomic E-state index is 12.6. The Morgan fingerprint density at radius 1 is 1.50 bits per heavy atom. The van der Waals surface area contributed by atoms with Crippen molar-refractivity contribution in [2.45, 2.75) is 19.9 Å². The summed E-state index contributed by atoms with van der Waals surface area (Å²) in [5.74, 6) is 0.388. The molecule has 1 fully saturated rings. The van der Waals surface area contributed by atoms with Crippen molar-refractivity contribution in [3.8, 4) is 0 Å². The van der Waals surface area contributed by atoms with Gasteiger partial charge in [-0.15, -0.1) is 0 Å². The van der Waals surface area contributed by atoms with Crippen LogP contribution in [0.4, 0.5) is 0 Å². The number of amides is 1. The molecular weight excluding hydrogens is 276 g/mol. The lowest BCUT2D eigenvalue weighted by Crippen LogP contribution is -2.51. The first kappa shape index (κ1) is 13.5. The number of hydrogen-bond donors (Lipinski definition) is 1. The number of aryl methyl sites for hydroxylation is 1.